The van der Waals surface area contributed by atoms with Crippen LogP contribution in [0.1, 0.15) is 75.6 Å². The van der Waals surface area contributed by atoms with Gasteiger partial charge in [-0.3, -0.25) is 0 Å². The molecule has 206 valence electrons. The van der Waals surface area contributed by atoms with E-state index in [2.05, 4.69) is 136 Å². The molecule has 0 N–H and O–H groups in total. The summed E-state index contributed by atoms with van der Waals surface area (Å²) in [5, 5.41) is 5.16. The summed E-state index contributed by atoms with van der Waals surface area (Å²) in [5.74, 6) is 0. The van der Waals surface area contributed by atoms with E-state index in [4.69, 9.17) is 5.11 Å². The van der Waals surface area contributed by atoms with E-state index >= 15 is 0 Å². The third kappa shape index (κ3) is 7.66. The zero-order valence-electron chi connectivity index (χ0n) is 25.1. The molecule has 0 aliphatic rings. The Morgan fingerprint density at radius 2 is 1.38 bits per heavy atom. The second kappa shape index (κ2) is 14.6. The van der Waals surface area contributed by atoms with Gasteiger partial charge in [-0.1, -0.05) is 104 Å². The van der Waals surface area contributed by atoms with Crippen LogP contribution in [0.5, 0.6) is 0 Å². The highest BCUT2D eigenvalue weighted by Crippen LogP contribution is 2.31. The molecule has 0 saturated heterocycles. The lowest BCUT2D eigenvalue weighted by Crippen LogP contribution is -2.06. The Labute approximate surface area is 242 Å². The number of rotatable bonds is 12. The van der Waals surface area contributed by atoms with Crippen LogP contribution in [0, 0.1) is 6.92 Å². The van der Waals surface area contributed by atoms with E-state index in [1.807, 2.05) is 0 Å². The zero-order valence-corrected chi connectivity index (χ0v) is 25.1. The first-order valence-corrected chi connectivity index (χ1v) is 15.1. The number of hydrogen-bond donors (Lipinski definition) is 0. The van der Waals surface area contributed by atoms with Crippen LogP contribution in [0.3, 0.4) is 0 Å². The first-order valence-electron chi connectivity index (χ1n) is 15.1. The van der Waals surface area contributed by atoms with Gasteiger partial charge in [-0.25, -0.2) is 0 Å². The van der Waals surface area contributed by atoms with E-state index in [1.54, 1.807) is 0 Å². The number of unbranched alkanes of at least 4 members (excludes halogenated alkanes) is 2. The molecular formula is C38H45N2+. The molecule has 0 atom stereocenters. The predicted molar refractivity (Wildman–Crippen MR) is 172 cm³/mol. The minimum absolute atomic E-state index is 0.808. The van der Waals surface area contributed by atoms with Crippen molar-refractivity contribution in [2.24, 2.45) is 5.11 Å². The van der Waals surface area contributed by atoms with E-state index in [9.17, 15) is 0 Å². The number of azo groups is 2. The third-order valence-electron chi connectivity index (χ3n) is 7.64. The van der Waals surface area contributed by atoms with Crippen LogP contribution in [0.15, 0.2) is 102 Å². The molecule has 40 heavy (non-hydrogen) atoms. The Morgan fingerprint density at radius 3 is 2.02 bits per heavy atom. The monoisotopic (exact) mass is 529 g/mol. The standard InChI is InChI=1S/C38H45N2/c1-6-9-17-31-24-36(33-19-13-11-14-20-33)28-37(26-31)39-40(8-3)29(4)23-32-25-35(18-10-7-2)30(5)38(27-32)34-21-15-12-16-22-34/h11-16,19-28H,6-10,17-18H2,1-5H3/q+1. The molecule has 0 aromatic heterocycles. The van der Waals surface area contributed by atoms with Crippen LogP contribution in [0.2, 0.25) is 0 Å². The van der Waals surface area contributed by atoms with Gasteiger partial charge in [0, 0.05) is 13.0 Å². The molecule has 0 unspecified atom stereocenters. The van der Waals surface area contributed by atoms with Gasteiger partial charge in [-0.2, -0.15) is 0 Å². The van der Waals surface area contributed by atoms with Crippen LogP contribution in [-0.4, -0.2) is 11.2 Å². The summed E-state index contributed by atoms with van der Waals surface area (Å²) in [6.07, 6.45) is 9.26. The minimum atomic E-state index is 0.808. The fourth-order valence-corrected chi connectivity index (χ4v) is 5.34. The van der Waals surface area contributed by atoms with Crippen LogP contribution < -0.4 is 0 Å². The molecule has 0 aliphatic carbocycles. The molecule has 4 aromatic rings. The van der Waals surface area contributed by atoms with Crippen LogP contribution in [-0.2, 0) is 12.8 Å². The van der Waals surface area contributed by atoms with Crippen molar-refractivity contribution >= 4 is 11.8 Å². The molecule has 0 radical (unpaired) electrons. The maximum absolute atomic E-state index is 5.16. The van der Waals surface area contributed by atoms with Gasteiger partial charge in [0.05, 0.1) is 0 Å². The van der Waals surface area contributed by atoms with Crippen molar-refractivity contribution in [1.29, 1.82) is 0 Å². The summed E-state index contributed by atoms with van der Waals surface area (Å²) in [6.45, 7) is 12.0. The maximum atomic E-state index is 5.16. The molecule has 4 rings (SSSR count). The summed E-state index contributed by atoms with van der Waals surface area (Å²) in [6, 6.07) is 33.0. The molecule has 4 aromatic carbocycles. The largest absolute Gasteiger partial charge is 0.206 e. The van der Waals surface area contributed by atoms with Gasteiger partial charge in [0.1, 0.15) is 5.69 Å². The second-order valence-electron chi connectivity index (χ2n) is 10.8. The molecular weight excluding hydrogens is 484 g/mol. The SMILES string of the molecule is CCCCc1cc(N=[N+](CC)C(C)=Cc2cc(CCCC)c(C)c(-c3ccccc3)c2)cc(-c2ccccc2)c1. The van der Waals surface area contributed by atoms with E-state index < -0.39 is 0 Å². The van der Waals surface area contributed by atoms with Crippen molar-refractivity contribution < 1.29 is 4.70 Å². The summed E-state index contributed by atoms with van der Waals surface area (Å²) >= 11 is 0. The van der Waals surface area contributed by atoms with Gasteiger partial charge in [-0.05, 0) is 107 Å². The molecule has 0 aliphatic heterocycles. The second-order valence-corrected chi connectivity index (χ2v) is 10.8. The van der Waals surface area contributed by atoms with Crippen LogP contribution in [0.25, 0.3) is 28.3 Å². The van der Waals surface area contributed by atoms with Gasteiger partial charge < -0.3 is 0 Å². The smallest absolute Gasteiger partial charge is 0.0885 e. The zero-order chi connectivity index (χ0) is 28.3. The quantitative estimate of drug-likeness (QED) is 0.128. The number of nitrogens with zero attached hydrogens (tertiary/aromatic N) is 2. The first-order chi connectivity index (χ1) is 19.5. The molecule has 0 bridgehead atoms. The van der Waals surface area contributed by atoms with Gasteiger partial charge >= 0.3 is 0 Å². The lowest BCUT2D eigenvalue weighted by atomic mass is 9.91. The van der Waals surface area contributed by atoms with Crippen LogP contribution in [0.4, 0.5) is 5.69 Å². The van der Waals surface area contributed by atoms with E-state index in [0.717, 1.165) is 30.8 Å². The summed E-state index contributed by atoms with van der Waals surface area (Å²) in [5.41, 5.74) is 12.7. The number of hydrogen-bond acceptors (Lipinski definition) is 1. The number of benzene rings is 4. The van der Waals surface area contributed by atoms with Gasteiger partial charge in [0.25, 0.3) is 0 Å². The molecule has 2 nitrogen and oxygen atoms in total. The molecule has 0 saturated carbocycles. The van der Waals surface area contributed by atoms with Gasteiger partial charge in [0.15, 0.2) is 6.54 Å². The van der Waals surface area contributed by atoms with Crippen molar-refractivity contribution in [2.45, 2.75) is 73.1 Å². The first kappa shape index (κ1) is 29.2. The Bertz CT molecular complexity index is 1450. The van der Waals surface area contributed by atoms with Gasteiger partial charge in [-0.15, -0.1) is 0 Å². The highest BCUT2D eigenvalue weighted by atomic mass is 15.3. The molecule has 0 fully saturated rings. The lowest BCUT2D eigenvalue weighted by Gasteiger charge is -2.14. The van der Waals surface area contributed by atoms with Crippen molar-refractivity contribution in [3.8, 4) is 22.3 Å². The highest BCUT2D eigenvalue weighted by molar-refractivity contribution is 5.73. The minimum Gasteiger partial charge on any atom is -0.0885 e. The Morgan fingerprint density at radius 1 is 0.725 bits per heavy atom. The van der Waals surface area contributed by atoms with E-state index in [0.29, 0.717) is 0 Å². The summed E-state index contributed by atoms with van der Waals surface area (Å²) in [7, 11) is 0. The van der Waals surface area contributed by atoms with Crippen molar-refractivity contribution in [1.82, 2.24) is 0 Å². The molecule has 0 heterocycles. The van der Waals surface area contributed by atoms with Gasteiger partial charge in [0.2, 0.25) is 5.70 Å². The fraction of sp³-hybridized carbons (Fsp3) is 0.316. The Kier molecular flexibility index (Phi) is 10.6. The maximum Gasteiger partial charge on any atom is 0.206 e. The normalized spacial score (nSPS) is 12.1. The van der Waals surface area contributed by atoms with E-state index in [1.165, 1.54) is 70.2 Å². The van der Waals surface area contributed by atoms with Crippen molar-refractivity contribution in [2.75, 3.05) is 6.54 Å². The van der Waals surface area contributed by atoms with E-state index in [-0.39, 0.29) is 0 Å². The molecule has 0 amide bonds. The van der Waals surface area contributed by atoms with Crippen molar-refractivity contribution in [3.05, 3.63) is 119 Å². The molecule has 2 heteroatoms. The Balaban J connectivity index is 1.75. The van der Waals surface area contributed by atoms with Crippen molar-refractivity contribution in [3.63, 3.8) is 0 Å². The average molecular weight is 530 g/mol. The Hall–Kier alpha value is -3.78. The average Bonchev–Trinajstić information content (AvgIpc) is 2.99. The fourth-order valence-electron chi connectivity index (χ4n) is 5.34. The topological polar surface area (TPSA) is 15.4 Å². The summed E-state index contributed by atoms with van der Waals surface area (Å²) < 4.78 is 2.14. The predicted octanol–water partition coefficient (Wildman–Crippen LogP) is 11.2. The number of allylic oxidation sites excluding steroid dienone is 1. The molecule has 0 spiro atoms. The number of aryl methyl sites for hydroxylation is 2. The highest BCUT2D eigenvalue weighted by Gasteiger charge is 2.14. The lowest BCUT2D eigenvalue weighted by molar-refractivity contribution is -0.537. The summed E-state index contributed by atoms with van der Waals surface area (Å²) in [4.78, 5) is 0. The van der Waals surface area contributed by atoms with Crippen LogP contribution >= 0.6 is 0 Å². The third-order valence-corrected chi connectivity index (χ3v) is 7.64.